The van der Waals surface area contributed by atoms with E-state index in [1.807, 2.05) is 6.92 Å². The van der Waals surface area contributed by atoms with Crippen LogP contribution in [0.5, 0.6) is 0 Å². The average Bonchev–Trinajstić information content (AvgIpc) is 3.16. The summed E-state index contributed by atoms with van der Waals surface area (Å²) in [7, 11) is -3.31. The van der Waals surface area contributed by atoms with Crippen LogP contribution < -0.4 is 9.62 Å². The summed E-state index contributed by atoms with van der Waals surface area (Å²) in [6.45, 7) is 2.24. The predicted molar refractivity (Wildman–Crippen MR) is 96.2 cm³/mol. The second kappa shape index (κ2) is 6.49. The van der Waals surface area contributed by atoms with Crippen LogP contribution >= 0.6 is 11.3 Å². The van der Waals surface area contributed by atoms with Crippen LogP contribution in [0.3, 0.4) is 0 Å². The van der Waals surface area contributed by atoms with Gasteiger partial charge in [-0.15, -0.1) is 11.3 Å². The largest absolute Gasteiger partial charge is 0.477 e. The van der Waals surface area contributed by atoms with Gasteiger partial charge in [0.25, 0.3) is 5.91 Å². The summed E-state index contributed by atoms with van der Waals surface area (Å²) in [6.07, 6.45) is 0.575. The second-order valence-corrected chi connectivity index (χ2v) is 8.76. The summed E-state index contributed by atoms with van der Waals surface area (Å²) in [5.41, 5.74) is 1.80. The van der Waals surface area contributed by atoms with Crippen molar-refractivity contribution in [1.29, 1.82) is 0 Å². The van der Waals surface area contributed by atoms with Crippen molar-refractivity contribution in [2.24, 2.45) is 0 Å². The highest BCUT2D eigenvalue weighted by Gasteiger charge is 2.29. The van der Waals surface area contributed by atoms with Gasteiger partial charge in [-0.25, -0.2) is 13.2 Å². The molecule has 2 N–H and O–H groups in total. The van der Waals surface area contributed by atoms with E-state index in [1.165, 1.54) is 16.4 Å². The fourth-order valence-corrected chi connectivity index (χ4v) is 4.99. The smallest absolute Gasteiger partial charge is 0.345 e. The number of hydrogen-bond donors (Lipinski definition) is 2. The number of carboxylic acid groups (broad SMARTS) is 1. The Labute approximate surface area is 149 Å². The van der Waals surface area contributed by atoms with Crippen LogP contribution in [0.15, 0.2) is 30.3 Å². The van der Waals surface area contributed by atoms with E-state index in [0.717, 1.165) is 16.9 Å². The van der Waals surface area contributed by atoms with Gasteiger partial charge in [0.1, 0.15) is 4.88 Å². The molecular formula is C16H16N2O5S2. The summed E-state index contributed by atoms with van der Waals surface area (Å²) >= 11 is 0.883. The van der Waals surface area contributed by atoms with E-state index in [4.69, 9.17) is 5.11 Å². The quantitative estimate of drug-likeness (QED) is 0.848. The second-order valence-electron chi connectivity index (χ2n) is 5.67. The van der Waals surface area contributed by atoms with E-state index >= 15 is 0 Å². The number of amides is 1. The fraction of sp³-hybridized carbons (Fsp3) is 0.250. The van der Waals surface area contributed by atoms with Crippen LogP contribution in [0.4, 0.5) is 11.4 Å². The number of nitrogens with one attached hydrogen (secondary N) is 1. The summed E-state index contributed by atoms with van der Waals surface area (Å²) in [6, 6.07) is 7.88. The van der Waals surface area contributed by atoms with Crippen LogP contribution in [0.2, 0.25) is 0 Å². The molecule has 0 bridgehead atoms. The van der Waals surface area contributed by atoms with Gasteiger partial charge < -0.3 is 10.4 Å². The molecule has 1 aliphatic rings. The molecule has 3 rings (SSSR count). The molecular weight excluding hydrogens is 364 g/mol. The van der Waals surface area contributed by atoms with E-state index in [0.29, 0.717) is 24.3 Å². The SMILES string of the molecule is Cc1ccc(NC(=O)c2ccc(C(=O)O)s2)cc1N1CCCS1(=O)=O. The number of hydrogen-bond acceptors (Lipinski definition) is 5. The van der Waals surface area contributed by atoms with Crippen molar-refractivity contribution in [2.75, 3.05) is 21.9 Å². The Morgan fingerprint density at radius 2 is 1.92 bits per heavy atom. The Morgan fingerprint density at radius 1 is 1.20 bits per heavy atom. The van der Waals surface area contributed by atoms with Crippen molar-refractivity contribution in [3.8, 4) is 0 Å². The van der Waals surface area contributed by atoms with Gasteiger partial charge in [0.05, 0.1) is 16.3 Å². The zero-order chi connectivity index (χ0) is 18.2. The molecule has 1 saturated heterocycles. The van der Waals surface area contributed by atoms with Gasteiger partial charge in [-0.05, 0) is 43.2 Å². The lowest BCUT2D eigenvalue weighted by Crippen LogP contribution is -2.26. The van der Waals surface area contributed by atoms with Crippen LogP contribution in [0.1, 0.15) is 31.3 Å². The monoisotopic (exact) mass is 380 g/mol. The molecule has 2 aromatic rings. The Bertz CT molecular complexity index is 949. The summed E-state index contributed by atoms with van der Waals surface area (Å²) in [5, 5.41) is 11.6. The number of aryl methyl sites for hydroxylation is 1. The van der Waals surface area contributed by atoms with Crippen molar-refractivity contribution in [2.45, 2.75) is 13.3 Å². The van der Waals surface area contributed by atoms with Crippen molar-refractivity contribution in [1.82, 2.24) is 0 Å². The molecule has 132 valence electrons. The first-order valence-corrected chi connectivity index (χ1v) is 9.96. The van der Waals surface area contributed by atoms with E-state index < -0.39 is 21.9 Å². The number of rotatable bonds is 4. The molecule has 1 amide bonds. The topological polar surface area (TPSA) is 104 Å². The average molecular weight is 380 g/mol. The van der Waals surface area contributed by atoms with E-state index in [9.17, 15) is 18.0 Å². The third-order valence-electron chi connectivity index (χ3n) is 3.88. The van der Waals surface area contributed by atoms with Gasteiger partial charge in [-0.1, -0.05) is 6.07 Å². The first kappa shape index (κ1) is 17.4. The van der Waals surface area contributed by atoms with Gasteiger partial charge >= 0.3 is 5.97 Å². The number of anilines is 2. The van der Waals surface area contributed by atoms with Gasteiger partial charge in [-0.2, -0.15) is 0 Å². The number of benzene rings is 1. The minimum Gasteiger partial charge on any atom is -0.477 e. The number of carbonyl (C=O) groups excluding carboxylic acids is 1. The summed E-state index contributed by atoms with van der Waals surface area (Å²) in [5.74, 6) is -1.39. The number of aromatic carboxylic acids is 1. The van der Waals surface area contributed by atoms with Crippen molar-refractivity contribution >= 4 is 44.6 Å². The molecule has 0 aliphatic carbocycles. The Kier molecular flexibility index (Phi) is 4.53. The summed E-state index contributed by atoms with van der Waals surface area (Å²) < 4.78 is 25.6. The number of carboxylic acids is 1. The highest BCUT2D eigenvalue weighted by Crippen LogP contribution is 2.30. The zero-order valence-electron chi connectivity index (χ0n) is 13.4. The highest BCUT2D eigenvalue weighted by atomic mass is 32.2. The summed E-state index contributed by atoms with van der Waals surface area (Å²) in [4.78, 5) is 23.5. The molecule has 1 aromatic carbocycles. The van der Waals surface area contributed by atoms with Crippen molar-refractivity contribution in [3.63, 3.8) is 0 Å². The molecule has 25 heavy (non-hydrogen) atoms. The zero-order valence-corrected chi connectivity index (χ0v) is 15.0. The number of sulfonamides is 1. The van der Waals surface area contributed by atoms with Gasteiger partial charge in [0.15, 0.2) is 0 Å². The molecule has 1 fully saturated rings. The van der Waals surface area contributed by atoms with E-state index in [2.05, 4.69) is 5.32 Å². The normalized spacial score (nSPS) is 16.0. The molecule has 0 atom stereocenters. The molecule has 0 unspecified atom stereocenters. The molecule has 9 heteroatoms. The molecule has 1 aromatic heterocycles. The Hall–Kier alpha value is -2.39. The maximum Gasteiger partial charge on any atom is 0.345 e. The maximum atomic E-state index is 12.3. The van der Waals surface area contributed by atoms with Crippen LogP contribution in [-0.4, -0.2) is 37.7 Å². The first-order chi connectivity index (χ1) is 11.8. The van der Waals surface area contributed by atoms with E-state index in [1.54, 1.807) is 18.2 Å². The third kappa shape index (κ3) is 3.52. The van der Waals surface area contributed by atoms with Gasteiger partial charge in [0, 0.05) is 12.2 Å². The molecule has 2 heterocycles. The molecule has 0 saturated carbocycles. The minimum absolute atomic E-state index is 0.0814. The molecule has 7 nitrogen and oxygen atoms in total. The standard InChI is InChI=1S/C16H16N2O5S2/c1-10-3-4-11(9-12(10)18-7-2-8-25(18,22)23)17-15(19)13-5-6-14(24-13)16(20)21/h3-6,9H,2,7-8H2,1H3,(H,17,19)(H,20,21). The number of nitrogens with zero attached hydrogens (tertiary/aromatic N) is 1. The lowest BCUT2D eigenvalue weighted by Gasteiger charge is -2.20. The fourth-order valence-electron chi connectivity index (χ4n) is 2.63. The molecule has 1 aliphatic heterocycles. The predicted octanol–water partition coefficient (Wildman–Crippen LogP) is 2.55. The maximum absolute atomic E-state index is 12.3. The van der Waals surface area contributed by atoms with E-state index in [-0.39, 0.29) is 15.5 Å². The van der Waals surface area contributed by atoms with Crippen LogP contribution in [-0.2, 0) is 10.0 Å². The molecule has 0 spiro atoms. The van der Waals surface area contributed by atoms with Crippen molar-refractivity contribution in [3.05, 3.63) is 45.6 Å². The van der Waals surface area contributed by atoms with Crippen molar-refractivity contribution < 1.29 is 23.1 Å². The first-order valence-electron chi connectivity index (χ1n) is 7.53. The van der Waals surface area contributed by atoms with Crippen LogP contribution in [0.25, 0.3) is 0 Å². The Morgan fingerprint density at radius 3 is 2.52 bits per heavy atom. The highest BCUT2D eigenvalue weighted by molar-refractivity contribution is 7.93. The Balaban J connectivity index is 1.84. The molecule has 0 radical (unpaired) electrons. The number of carbonyl (C=O) groups is 2. The van der Waals surface area contributed by atoms with Crippen LogP contribution in [0, 0.1) is 6.92 Å². The number of thiophene rings is 1. The third-order valence-corrected chi connectivity index (χ3v) is 6.80. The lowest BCUT2D eigenvalue weighted by atomic mass is 10.1. The van der Waals surface area contributed by atoms with Gasteiger partial charge in [0.2, 0.25) is 10.0 Å². The lowest BCUT2D eigenvalue weighted by molar-refractivity contribution is 0.0702. The van der Waals surface area contributed by atoms with Gasteiger partial charge in [-0.3, -0.25) is 9.10 Å². The minimum atomic E-state index is -3.31.